The van der Waals surface area contributed by atoms with Crippen molar-refractivity contribution in [1.82, 2.24) is 10.5 Å². The second-order valence-electron chi connectivity index (χ2n) is 3.75. The van der Waals surface area contributed by atoms with Gasteiger partial charge in [-0.3, -0.25) is 14.5 Å². The molecule has 6 nitrogen and oxygen atoms in total. The van der Waals surface area contributed by atoms with Gasteiger partial charge in [-0.15, -0.1) is 0 Å². The second kappa shape index (κ2) is 6.03. The van der Waals surface area contributed by atoms with Crippen LogP contribution in [0.25, 0.3) is 0 Å². The minimum Gasteiger partial charge on any atom is -0.360 e. The third-order valence-electron chi connectivity index (χ3n) is 2.15. The Morgan fingerprint density at radius 3 is 2.71 bits per heavy atom. The highest BCUT2D eigenvalue weighted by Gasteiger charge is 2.18. The molecular formula is C11H17N3O3. The summed E-state index contributed by atoms with van der Waals surface area (Å²) in [5.74, 6) is 0.509. The molecule has 17 heavy (non-hydrogen) atoms. The zero-order valence-electron chi connectivity index (χ0n) is 10.3. The average Bonchev–Trinajstić information content (AvgIpc) is 2.69. The molecule has 1 heterocycles. The fourth-order valence-electron chi connectivity index (χ4n) is 1.30. The monoisotopic (exact) mass is 239 g/mol. The molecule has 1 rings (SSSR count). The lowest BCUT2D eigenvalue weighted by atomic mass is 10.4. The number of nitrogens with one attached hydrogen (secondary N) is 1. The molecule has 0 spiro atoms. The number of carbonyl (C=O) groups is 2. The van der Waals surface area contributed by atoms with Crippen LogP contribution in [-0.4, -0.2) is 30.1 Å². The molecule has 0 fully saturated rings. The number of rotatable bonds is 5. The molecule has 0 aliphatic rings. The number of amides is 2. The lowest BCUT2D eigenvalue weighted by molar-refractivity contribution is -0.123. The van der Waals surface area contributed by atoms with Crippen molar-refractivity contribution in [1.29, 1.82) is 0 Å². The normalized spacial score (nSPS) is 10.1. The van der Waals surface area contributed by atoms with E-state index >= 15 is 0 Å². The van der Waals surface area contributed by atoms with Crippen molar-refractivity contribution in [3.05, 3.63) is 11.8 Å². The van der Waals surface area contributed by atoms with Gasteiger partial charge in [-0.05, 0) is 13.3 Å². The molecule has 0 bridgehead atoms. The molecule has 6 heteroatoms. The van der Waals surface area contributed by atoms with E-state index in [2.05, 4.69) is 10.5 Å². The predicted octanol–water partition coefficient (Wildman–Crippen LogP) is 0.862. The minimum absolute atomic E-state index is 0.0404. The average molecular weight is 239 g/mol. The molecule has 0 atom stereocenters. The van der Waals surface area contributed by atoms with Gasteiger partial charge in [0.2, 0.25) is 11.8 Å². The molecule has 0 saturated heterocycles. The first-order valence-electron chi connectivity index (χ1n) is 5.52. The van der Waals surface area contributed by atoms with Gasteiger partial charge in [0.05, 0.1) is 0 Å². The van der Waals surface area contributed by atoms with Crippen LogP contribution in [0.1, 0.15) is 26.0 Å². The van der Waals surface area contributed by atoms with E-state index in [1.165, 1.54) is 11.8 Å². The highest BCUT2D eigenvalue weighted by molar-refractivity contribution is 5.96. The Balaban J connectivity index is 2.67. The second-order valence-corrected chi connectivity index (χ2v) is 3.75. The van der Waals surface area contributed by atoms with Crippen LogP contribution in [0, 0.1) is 6.92 Å². The van der Waals surface area contributed by atoms with E-state index in [4.69, 9.17) is 4.52 Å². The van der Waals surface area contributed by atoms with Crippen LogP contribution in [0.3, 0.4) is 0 Å². The number of aryl methyl sites for hydroxylation is 1. The van der Waals surface area contributed by atoms with E-state index in [0.717, 1.165) is 6.42 Å². The summed E-state index contributed by atoms with van der Waals surface area (Å²) >= 11 is 0. The number of carbonyl (C=O) groups excluding carboxylic acids is 2. The summed E-state index contributed by atoms with van der Waals surface area (Å²) in [4.78, 5) is 24.2. The Bertz CT molecular complexity index is 400. The molecule has 1 aromatic rings. The smallest absolute Gasteiger partial charge is 0.240 e. The third-order valence-corrected chi connectivity index (χ3v) is 2.15. The SMILES string of the molecule is CCCNC(=O)CN(C(C)=O)c1cc(C)on1. The number of hydrogen-bond acceptors (Lipinski definition) is 4. The lowest BCUT2D eigenvalue weighted by Gasteiger charge is -2.16. The maximum Gasteiger partial charge on any atom is 0.240 e. The molecule has 0 radical (unpaired) electrons. The molecule has 0 saturated carbocycles. The van der Waals surface area contributed by atoms with E-state index in [-0.39, 0.29) is 18.4 Å². The van der Waals surface area contributed by atoms with Crippen molar-refractivity contribution in [3.8, 4) is 0 Å². The summed E-state index contributed by atoms with van der Waals surface area (Å²) in [5, 5.41) is 6.42. The van der Waals surface area contributed by atoms with Gasteiger partial charge in [-0.25, -0.2) is 0 Å². The van der Waals surface area contributed by atoms with Gasteiger partial charge >= 0.3 is 0 Å². The number of nitrogens with zero attached hydrogens (tertiary/aromatic N) is 2. The van der Waals surface area contributed by atoms with Gasteiger partial charge in [-0.2, -0.15) is 0 Å². The largest absolute Gasteiger partial charge is 0.360 e. The fourth-order valence-corrected chi connectivity index (χ4v) is 1.30. The fraction of sp³-hybridized carbons (Fsp3) is 0.545. The molecule has 2 amide bonds. The van der Waals surface area contributed by atoms with E-state index in [1.807, 2.05) is 6.92 Å². The van der Waals surface area contributed by atoms with Gasteiger partial charge in [0.25, 0.3) is 0 Å². The zero-order valence-corrected chi connectivity index (χ0v) is 10.3. The quantitative estimate of drug-likeness (QED) is 0.827. The Labute approximate surface area is 99.9 Å². The van der Waals surface area contributed by atoms with Crippen molar-refractivity contribution >= 4 is 17.6 Å². The summed E-state index contributed by atoms with van der Waals surface area (Å²) < 4.78 is 4.88. The number of hydrogen-bond donors (Lipinski definition) is 1. The molecule has 0 unspecified atom stereocenters. The van der Waals surface area contributed by atoms with Crippen LogP contribution in [-0.2, 0) is 9.59 Å². The maximum atomic E-state index is 11.5. The van der Waals surface area contributed by atoms with Gasteiger partial charge in [0.1, 0.15) is 12.3 Å². The zero-order chi connectivity index (χ0) is 12.8. The van der Waals surface area contributed by atoms with E-state index in [0.29, 0.717) is 18.1 Å². The number of anilines is 1. The van der Waals surface area contributed by atoms with E-state index in [9.17, 15) is 9.59 Å². The van der Waals surface area contributed by atoms with Gasteiger partial charge in [0, 0.05) is 19.5 Å². The first kappa shape index (κ1) is 13.2. The maximum absolute atomic E-state index is 11.5. The standard InChI is InChI=1S/C11H17N3O3/c1-4-5-12-11(16)7-14(9(3)15)10-6-8(2)17-13-10/h6H,4-5,7H2,1-3H3,(H,12,16). The topological polar surface area (TPSA) is 75.4 Å². The highest BCUT2D eigenvalue weighted by atomic mass is 16.5. The van der Waals surface area contributed by atoms with Gasteiger partial charge < -0.3 is 9.84 Å². The van der Waals surface area contributed by atoms with Crippen LogP contribution < -0.4 is 10.2 Å². The van der Waals surface area contributed by atoms with Gasteiger partial charge in [0.15, 0.2) is 5.82 Å². The Hall–Kier alpha value is -1.85. The van der Waals surface area contributed by atoms with E-state index in [1.54, 1.807) is 13.0 Å². The number of aromatic nitrogens is 1. The Morgan fingerprint density at radius 2 is 2.24 bits per heavy atom. The van der Waals surface area contributed by atoms with Crippen LogP contribution >= 0.6 is 0 Å². The van der Waals surface area contributed by atoms with Crippen molar-refractivity contribution in [2.24, 2.45) is 0 Å². The predicted molar refractivity (Wildman–Crippen MR) is 62.6 cm³/mol. The molecule has 1 N–H and O–H groups in total. The van der Waals surface area contributed by atoms with Crippen molar-refractivity contribution < 1.29 is 14.1 Å². The molecule has 0 aliphatic heterocycles. The summed E-state index contributed by atoms with van der Waals surface area (Å²) in [6, 6.07) is 1.62. The van der Waals surface area contributed by atoms with Crippen molar-refractivity contribution in [2.45, 2.75) is 27.2 Å². The van der Waals surface area contributed by atoms with Crippen molar-refractivity contribution in [3.63, 3.8) is 0 Å². The minimum atomic E-state index is -0.245. The van der Waals surface area contributed by atoms with Crippen LogP contribution in [0.2, 0.25) is 0 Å². The summed E-state index contributed by atoms with van der Waals surface area (Å²) in [6.45, 7) is 5.64. The van der Waals surface area contributed by atoms with Crippen LogP contribution in [0.5, 0.6) is 0 Å². The van der Waals surface area contributed by atoms with Crippen LogP contribution in [0.4, 0.5) is 5.82 Å². The summed E-state index contributed by atoms with van der Waals surface area (Å²) in [6.07, 6.45) is 0.856. The third kappa shape index (κ3) is 3.90. The summed E-state index contributed by atoms with van der Waals surface area (Å²) in [5.41, 5.74) is 0. The Kier molecular flexibility index (Phi) is 4.68. The molecule has 1 aromatic heterocycles. The van der Waals surface area contributed by atoms with E-state index < -0.39 is 0 Å². The van der Waals surface area contributed by atoms with Crippen molar-refractivity contribution in [2.75, 3.05) is 18.0 Å². The molecule has 94 valence electrons. The summed E-state index contributed by atoms with van der Waals surface area (Å²) in [7, 11) is 0. The first-order valence-corrected chi connectivity index (χ1v) is 5.52. The molecule has 0 aliphatic carbocycles. The lowest BCUT2D eigenvalue weighted by Crippen LogP contribution is -2.40. The molecular weight excluding hydrogens is 222 g/mol. The highest BCUT2D eigenvalue weighted by Crippen LogP contribution is 2.13. The van der Waals surface area contributed by atoms with Crippen LogP contribution in [0.15, 0.2) is 10.6 Å². The Morgan fingerprint density at radius 1 is 1.53 bits per heavy atom. The molecule has 0 aromatic carbocycles. The van der Waals surface area contributed by atoms with Gasteiger partial charge in [-0.1, -0.05) is 12.1 Å². The first-order chi connectivity index (χ1) is 8.04.